The summed E-state index contributed by atoms with van der Waals surface area (Å²) in [5, 5.41) is 18.4. The third kappa shape index (κ3) is 47.9. The highest BCUT2D eigenvalue weighted by Crippen LogP contribution is 2.43. The molecule has 0 aromatic heterocycles. The van der Waals surface area contributed by atoms with Gasteiger partial charge in [-0.3, -0.25) is 18.6 Å². The first kappa shape index (κ1) is 61.9. The van der Waals surface area contributed by atoms with Crippen molar-refractivity contribution in [1.29, 1.82) is 0 Å². The number of unbranched alkanes of at least 4 members (excludes halogenated alkanes) is 27. The molecule has 0 saturated carbocycles. The van der Waals surface area contributed by atoms with Gasteiger partial charge >= 0.3 is 19.8 Å². The third-order valence-corrected chi connectivity index (χ3v) is 12.2. The SMILES string of the molecule is CCCCCC/C=C\C/C=C\CCCCCCCCCC(=O)OCC(COP(=O)(O)OCC(O)CO)OC(=O)CCCCCCCCCCCCC/C=C\C/C=C\CCCCCCC. The van der Waals surface area contributed by atoms with Gasteiger partial charge in [0.25, 0.3) is 0 Å². The van der Waals surface area contributed by atoms with Crippen LogP contribution in [-0.4, -0.2) is 65.7 Å². The Hall–Kier alpha value is -2.07. The quantitative estimate of drug-likeness (QED) is 0.0233. The van der Waals surface area contributed by atoms with Gasteiger partial charge in [-0.2, -0.15) is 0 Å². The predicted octanol–water partition coefficient (Wildman–Crippen LogP) is 14.8. The summed E-state index contributed by atoms with van der Waals surface area (Å²) in [4.78, 5) is 35.2. The van der Waals surface area contributed by atoms with E-state index in [9.17, 15) is 24.2 Å². The van der Waals surface area contributed by atoms with Crippen LogP contribution in [0, 0.1) is 0 Å². The maximum absolute atomic E-state index is 12.7. The Kier molecular flexibility index (Phi) is 47.3. The van der Waals surface area contributed by atoms with Gasteiger partial charge in [0.15, 0.2) is 6.10 Å². The second-order valence-corrected chi connectivity index (χ2v) is 19.0. The van der Waals surface area contributed by atoms with Crippen molar-refractivity contribution in [3.05, 3.63) is 48.6 Å². The highest BCUT2D eigenvalue weighted by Gasteiger charge is 2.27. The molecule has 10 nitrogen and oxygen atoms in total. The van der Waals surface area contributed by atoms with Crippen molar-refractivity contribution < 1.29 is 47.8 Å². The number of carbonyl (C=O) groups excluding carboxylic acids is 2. The van der Waals surface area contributed by atoms with Crippen LogP contribution >= 0.6 is 7.82 Å². The summed E-state index contributed by atoms with van der Waals surface area (Å²) in [6, 6.07) is 0. The minimum Gasteiger partial charge on any atom is -0.462 e. The number of aliphatic hydroxyl groups excluding tert-OH is 2. The molecule has 0 radical (unpaired) electrons. The van der Waals surface area contributed by atoms with E-state index in [2.05, 4.69) is 62.5 Å². The van der Waals surface area contributed by atoms with Crippen LogP contribution in [-0.2, 0) is 32.7 Å². The number of rotatable bonds is 49. The molecule has 0 aliphatic heterocycles. The van der Waals surface area contributed by atoms with Crippen LogP contribution in [0.15, 0.2) is 48.6 Å². The lowest BCUT2D eigenvalue weighted by atomic mass is 10.0. The number of esters is 2. The summed E-state index contributed by atoms with van der Waals surface area (Å²) in [5.41, 5.74) is 0. The molecule has 3 unspecified atom stereocenters. The summed E-state index contributed by atoms with van der Waals surface area (Å²) in [6.07, 6.45) is 55.0. The van der Waals surface area contributed by atoms with Crippen LogP contribution in [0.25, 0.3) is 0 Å². The molecule has 0 heterocycles. The van der Waals surface area contributed by atoms with Crippen molar-refractivity contribution in [2.24, 2.45) is 0 Å². The molecule has 64 heavy (non-hydrogen) atoms. The van der Waals surface area contributed by atoms with Crippen molar-refractivity contribution >= 4 is 19.8 Å². The topological polar surface area (TPSA) is 149 Å². The summed E-state index contributed by atoms with van der Waals surface area (Å²) in [6.45, 7) is 2.37. The van der Waals surface area contributed by atoms with Gasteiger partial charge in [-0.15, -0.1) is 0 Å². The summed E-state index contributed by atoms with van der Waals surface area (Å²) in [7, 11) is -4.63. The zero-order valence-corrected chi connectivity index (χ0v) is 41.9. The van der Waals surface area contributed by atoms with Crippen LogP contribution in [0.4, 0.5) is 0 Å². The van der Waals surface area contributed by atoms with Gasteiger partial charge in [0.1, 0.15) is 12.7 Å². The van der Waals surface area contributed by atoms with Crippen molar-refractivity contribution in [3.63, 3.8) is 0 Å². The molecule has 0 aromatic rings. The minimum atomic E-state index is -4.63. The predicted molar refractivity (Wildman–Crippen MR) is 265 cm³/mol. The molecule has 0 aliphatic rings. The number of carbonyl (C=O) groups is 2. The average Bonchev–Trinajstić information content (AvgIpc) is 3.28. The highest BCUT2D eigenvalue weighted by atomic mass is 31.2. The fourth-order valence-corrected chi connectivity index (χ4v) is 7.96. The molecule has 0 rings (SSSR count). The van der Waals surface area contributed by atoms with E-state index in [1.165, 1.54) is 141 Å². The van der Waals surface area contributed by atoms with E-state index in [0.29, 0.717) is 12.8 Å². The first-order chi connectivity index (χ1) is 31.2. The number of hydrogen-bond acceptors (Lipinski definition) is 9. The van der Waals surface area contributed by atoms with Gasteiger partial charge in [-0.25, -0.2) is 4.57 Å². The normalized spacial score (nSPS) is 14.0. The lowest BCUT2D eigenvalue weighted by molar-refractivity contribution is -0.161. The fraction of sp³-hybridized carbons (Fsp3) is 0.811. The van der Waals surface area contributed by atoms with Crippen LogP contribution in [0.5, 0.6) is 0 Å². The molecule has 0 aromatic carbocycles. The minimum absolute atomic E-state index is 0.180. The summed E-state index contributed by atoms with van der Waals surface area (Å²) < 4.78 is 32.9. The molecule has 3 N–H and O–H groups in total. The zero-order chi connectivity index (χ0) is 46.9. The van der Waals surface area contributed by atoms with E-state index in [-0.39, 0.29) is 19.4 Å². The lowest BCUT2D eigenvalue weighted by Gasteiger charge is -2.20. The molecule has 0 aliphatic carbocycles. The number of phosphoric ester groups is 1. The Bertz CT molecular complexity index is 1200. The van der Waals surface area contributed by atoms with Gasteiger partial charge in [-0.05, 0) is 77.0 Å². The standard InChI is InChI=1S/C53H97O10P/c1-3-5-7-9-11-13-15-17-19-21-23-24-25-26-27-29-31-33-35-37-39-41-43-45-53(57)63-51(49-62-64(58,59)61-47-50(55)46-54)48-60-52(56)44-42-40-38-36-34-32-30-28-22-20-18-16-14-12-10-8-6-4-2/h14-17,20-23,50-51,54-55H,3-13,18-19,24-49H2,1-2H3,(H,58,59)/b16-14-,17-15-,22-20-,23-21-. The smallest absolute Gasteiger partial charge is 0.462 e. The molecular weight excluding hydrogens is 828 g/mol. The van der Waals surface area contributed by atoms with Gasteiger partial charge in [0.05, 0.1) is 19.8 Å². The Morgan fingerprint density at radius 3 is 1.22 bits per heavy atom. The van der Waals surface area contributed by atoms with E-state index < -0.39 is 51.8 Å². The maximum Gasteiger partial charge on any atom is 0.472 e. The van der Waals surface area contributed by atoms with Crippen LogP contribution < -0.4 is 0 Å². The average molecular weight is 925 g/mol. The molecular formula is C53H97O10P. The van der Waals surface area contributed by atoms with E-state index in [4.69, 9.17) is 23.6 Å². The molecule has 0 amide bonds. The molecule has 374 valence electrons. The number of phosphoric acid groups is 1. The van der Waals surface area contributed by atoms with Crippen molar-refractivity contribution in [1.82, 2.24) is 0 Å². The van der Waals surface area contributed by atoms with E-state index in [1.807, 2.05) is 0 Å². The number of hydrogen-bond donors (Lipinski definition) is 3. The van der Waals surface area contributed by atoms with Gasteiger partial charge in [-0.1, -0.05) is 197 Å². The van der Waals surface area contributed by atoms with Crippen molar-refractivity contribution in [2.45, 2.75) is 251 Å². The van der Waals surface area contributed by atoms with Gasteiger partial charge in [0, 0.05) is 12.8 Å². The van der Waals surface area contributed by atoms with Gasteiger partial charge in [0.2, 0.25) is 0 Å². The second-order valence-electron chi connectivity index (χ2n) is 17.5. The number of aliphatic hydroxyl groups is 2. The van der Waals surface area contributed by atoms with Crippen molar-refractivity contribution in [2.75, 3.05) is 26.4 Å². The first-order valence-corrected chi connectivity index (χ1v) is 27.6. The zero-order valence-electron chi connectivity index (χ0n) is 41.0. The first-order valence-electron chi connectivity index (χ1n) is 26.1. The van der Waals surface area contributed by atoms with E-state index in [0.717, 1.165) is 57.8 Å². The Labute approximate surface area is 392 Å². The van der Waals surface area contributed by atoms with Gasteiger partial charge < -0.3 is 24.6 Å². The maximum atomic E-state index is 12.7. The molecule has 11 heteroatoms. The van der Waals surface area contributed by atoms with E-state index in [1.54, 1.807) is 0 Å². The molecule has 0 bridgehead atoms. The largest absolute Gasteiger partial charge is 0.472 e. The highest BCUT2D eigenvalue weighted by molar-refractivity contribution is 7.47. The Morgan fingerprint density at radius 1 is 0.469 bits per heavy atom. The lowest BCUT2D eigenvalue weighted by Crippen LogP contribution is -2.29. The summed E-state index contributed by atoms with van der Waals surface area (Å²) >= 11 is 0. The monoisotopic (exact) mass is 925 g/mol. The fourth-order valence-electron chi connectivity index (χ4n) is 7.17. The molecule has 0 spiro atoms. The molecule has 0 saturated heterocycles. The number of ether oxygens (including phenoxy) is 2. The Balaban J connectivity index is 4.18. The van der Waals surface area contributed by atoms with Crippen molar-refractivity contribution in [3.8, 4) is 0 Å². The van der Waals surface area contributed by atoms with Crippen LogP contribution in [0.1, 0.15) is 239 Å². The third-order valence-electron chi connectivity index (χ3n) is 11.2. The Morgan fingerprint density at radius 2 is 0.812 bits per heavy atom. The summed E-state index contributed by atoms with van der Waals surface area (Å²) in [5.74, 6) is -0.930. The van der Waals surface area contributed by atoms with E-state index >= 15 is 0 Å². The molecule has 3 atom stereocenters. The number of allylic oxidation sites excluding steroid dienone is 8. The molecule has 0 fully saturated rings. The second kappa shape index (κ2) is 48.9. The van der Waals surface area contributed by atoms with Crippen LogP contribution in [0.2, 0.25) is 0 Å². The van der Waals surface area contributed by atoms with Crippen LogP contribution in [0.3, 0.4) is 0 Å².